The lowest BCUT2D eigenvalue weighted by Crippen LogP contribution is -2.43. The summed E-state index contributed by atoms with van der Waals surface area (Å²) in [5, 5.41) is 5.29. The molecule has 0 saturated carbocycles. The van der Waals surface area contributed by atoms with Gasteiger partial charge in [0.2, 0.25) is 11.8 Å². The number of methoxy groups -OCH3 is 1. The van der Waals surface area contributed by atoms with Crippen molar-refractivity contribution in [1.29, 1.82) is 0 Å². The third-order valence-corrected chi connectivity index (χ3v) is 6.62. The van der Waals surface area contributed by atoms with Crippen LogP contribution in [0.1, 0.15) is 37.8 Å². The van der Waals surface area contributed by atoms with Gasteiger partial charge < -0.3 is 15.4 Å². The third-order valence-electron chi connectivity index (χ3n) is 4.85. The lowest BCUT2D eigenvalue weighted by atomic mass is 10.1. The molecule has 172 valence electrons. The number of carbonyl (C=O) groups excluding carboxylic acids is 3. The third kappa shape index (κ3) is 7.81. The van der Waals surface area contributed by atoms with Crippen molar-refractivity contribution in [2.75, 3.05) is 12.9 Å². The second-order valence-electron chi connectivity index (χ2n) is 7.26. The summed E-state index contributed by atoms with van der Waals surface area (Å²) in [4.78, 5) is 36.6. The molecule has 0 unspecified atom stereocenters. The van der Waals surface area contributed by atoms with Gasteiger partial charge in [-0.2, -0.15) is 0 Å². The Hall–Kier alpha value is -3.20. The van der Waals surface area contributed by atoms with E-state index < -0.39 is 27.8 Å². The molecule has 2 aromatic carbocycles. The van der Waals surface area contributed by atoms with Crippen LogP contribution in [0.2, 0.25) is 0 Å². The molecule has 0 aliphatic rings. The summed E-state index contributed by atoms with van der Waals surface area (Å²) in [6, 6.07) is 15.9. The Morgan fingerprint density at radius 2 is 1.41 bits per heavy atom. The van der Waals surface area contributed by atoms with Crippen LogP contribution in [0.4, 0.5) is 0 Å². The van der Waals surface area contributed by atoms with E-state index in [1.807, 2.05) is 37.3 Å². The highest BCUT2D eigenvalue weighted by atomic mass is 32.2. The summed E-state index contributed by atoms with van der Waals surface area (Å²) in [7, 11) is -2.46. The highest BCUT2D eigenvalue weighted by molar-refractivity contribution is 7.91. The average Bonchev–Trinajstić information content (AvgIpc) is 2.81. The predicted octanol–water partition coefficient (Wildman–Crippen LogP) is 2.17. The Kier molecular flexibility index (Phi) is 9.39. The Morgan fingerprint density at radius 3 is 1.97 bits per heavy atom. The summed E-state index contributed by atoms with van der Waals surface area (Å²) in [6.07, 6.45) is -0.363. The van der Waals surface area contributed by atoms with E-state index in [1.54, 1.807) is 18.2 Å². The minimum Gasteiger partial charge on any atom is -0.467 e. The Balaban J connectivity index is 1.87. The van der Waals surface area contributed by atoms with Gasteiger partial charge in [0.1, 0.15) is 6.04 Å². The topological polar surface area (TPSA) is 119 Å². The number of carbonyl (C=O) groups is 3. The Bertz CT molecular complexity index is 1010. The monoisotopic (exact) mass is 460 g/mol. The number of sulfone groups is 1. The molecule has 8 nitrogen and oxygen atoms in total. The summed E-state index contributed by atoms with van der Waals surface area (Å²) in [5.74, 6) is -1.94. The van der Waals surface area contributed by atoms with E-state index >= 15 is 0 Å². The number of rotatable bonds is 11. The molecule has 0 aromatic heterocycles. The first kappa shape index (κ1) is 25.1. The predicted molar refractivity (Wildman–Crippen MR) is 119 cm³/mol. The normalized spacial score (nSPS) is 12.9. The maximum absolute atomic E-state index is 12.5. The van der Waals surface area contributed by atoms with Gasteiger partial charge in [0, 0.05) is 12.8 Å². The maximum Gasteiger partial charge on any atom is 0.328 e. The highest BCUT2D eigenvalue weighted by Crippen LogP contribution is 2.13. The Morgan fingerprint density at radius 1 is 0.875 bits per heavy atom. The van der Waals surface area contributed by atoms with Crippen LogP contribution in [0.5, 0.6) is 0 Å². The van der Waals surface area contributed by atoms with Crippen molar-refractivity contribution >= 4 is 27.6 Å². The standard InChI is InChI=1S/C23H28N2O6S/c1-17(18-9-5-3-6-10-18)24-21(26)13-14-22(27)25-20(23(28)31-2)15-16-32(29,30)19-11-7-4-8-12-19/h3-12,17,20H,13-16H2,1-2H3,(H,24,26)(H,25,27)/t17-,20+/m1/s1. The second-order valence-corrected chi connectivity index (χ2v) is 9.37. The van der Waals surface area contributed by atoms with Gasteiger partial charge in [-0.3, -0.25) is 9.59 Å². The van der Waals surface area contributed by atoms with Crippen molar-refractivity contribution in [1.82, 2.24) is 10.6 Å². The smallest absolute Gasteiger partial charge is 0.328 e. The molecule has 0 bridgehead atoms. The molecule has 0 saturated heterocycles. The van der Waals surface area contributed by atoms with Crippen molar-refractivity contribution in [3.05, 3.63) is 66.2 Å². The SMILES string of the molecule is COC(=O)[C@H](CCS(=O)(=O)c1ccccc1)NC(=O)CCC(=O)N[C@H](C)c1ccccc1. The number of esters is 1. The summed E-state index contributed by atoms with van der Waals surface area (Å²) in [5.41, 5.74) is 0.940. The molecule has 0 radical (unpaired) electrons. The van der Waals surface area contributed by atoms with E-state index in [9.17, 15) is 22.8 Å². The lowest BCUT2D eigenvalue weighted by Gasteiger charge is -2.17. The molecule has 2 aromatic rings. The van der Waals surface area contributed by atoms with Gasteiger partial charge in [-0.25, -0.2) is 13.2 Å². The number of benzene rings is 2. The van der Waals surface area contributed by atoms with E-state index in [-0.39, 0.29) is 41.9 Å². The van der Waals surface area contributed by atoms with Gasteiger partial charge in [-0.15, -0.1) is 0 Å². The fourth-order valence-electron chi connectivity index (χ4n) is 3.04. The van der Waals surface area contributed by atoms with Crippen molar-refractivity contribution in [2.24, 2.45) is 0 Å². The molecule has 0 spiro atoms. The lowest BCUT2D eigenvalue weighted by molar-refractivity contribution is -0.145. The number of hydrogen-bond donors (Lipinski definition) is 2. The average molecular weight is 461 g/mol. The molecule has 0 aliphatic carbocycles. The van der Waals surface area contributed by atoms with Crippen LogP contribution in [-0.2, 0) is 29.0 Å². The fourth-order valence-corrected chi connectivity index (χ4v) is 4.40. The molecule has 2 atom stereocenters. The maximum atomic E-state index is 12.5. The zero-order valence-electron chi connectivity index (χ0n) is 18.1. The number of ether oxygens (including phenoxy) is 1. The Labute approximate surface area is 188 Å². The van der Waals surface area contributed by atoms with Crippen molar-refractivity contribution in [2.45, 2.75) is 43.2 Å². The summed E-state index contributed by atoms with van der Waals surface area (Å²) >= 11 is 0. The summed E-state index contributed by atoms with van der Waals surface area (Å²) in [6.45, 7) is 1.84. The highest BCUT2D eigenvalue weighted by Gasteiger charge is 2.25. The van der Waals surface area contributed by atoms with Crippen LogP contribution < -0.4 is 10.6 Å². The van der Waals surface area contributed by atoms with E-state index in [2.05, 4.69) is 15.4 Å². The van der Waals surface area contributed by atoms with Gasteiger partial charge in [0.15, 0.2) is 9.84 Å². The van der Waals surface area contributed by atoms with Gasteiger partial charge in [-0.1, -0.05) is 48.5 Å². The molecule has 32 heavy (non-hydrogen) atoms. The van der Waals surface area contributed by atoms with Crippen LogP contribution in [-0.4, -0.2) is 45.1 Å². The van der Waals surface area contributed by atoms with Crippen molar-refractivity contribution in [3.8, 4) is 0 Å². The molecule has 2 rings (SSSR count). The second kappa shape index (κ2) is 12.0. The molecule has 0 heterocycles. The molecule has 9 heteroatoms. The minimum atomic E-state index is -3.62. The zero-order chi connectivity index (χ0) is 23.6. The van der Waals surface area contributed by atoms with Crippen LogP contribution >= 0.6 is 0 Å². The van der Waals surface area contributed by atoms with Gasteiger partial charge >= 0.3 is 5.97 Å². The summed E-state index contributed by atoms with van der Waals surface area (Å²) < 4.78 is 29.6. The van der Waals surface area contributed by atoms with E-state index in [1.165, 1.54) is 12.1 Å². The van der Waals surface area contributed by atoms with E-state index in [0.29, 0.717) is 0 Å². The minimum absolute atomic E-state index is 0.0702. The zero-order valence-corrected chi connectivity index (χ0v) is 18.9. The van der Waals surface area contributed by atoms with Crippen LogP contribution in [0, 0.1) is 0 Å². The van der Waals surface area contributed by atoms with Crippen LogP contribution in [0.15, 0.2) is 65.6 Å². The largest absolute Gasteiger partial charge is 0.467 e. The van der Waals surface area contributed by atoms with Crippen LogP contribution in [0.25, 0.3) is 0 Å². The van der Waals surface area contributed by atoms with Gasteiger partial charge in [0.05, 0.1) is 23.8 Å². The van der Waals surface area contributed by atoms with E-state index in [0.717, 1.165) is 12.7 Å². The molecule has 2 amide bonds. The first-order chi connectivity index (χ1) is 15.2. The van der Waals surface area contributed by atoms with Gasteiger partial charge in [-0.05, 0) is 31.0 Å². The number of amides is 2. The number of nitrogens with one attached hydrogen (secondary N) is 2. The van der Waals surface area contributed by atoms with E-state index in [4.69, 9.17) is 0 Å². The number of hydrogen-bond acceptors (Lipinski definition) is 6. The first-order valence-corrected chi connectivity index (χ1v) is 11.9. The quantitative estimate of drug-likeness (QED) is 0.496. The van der Waals surface area contributed by atoms with Crippen molar-refractivity contribution < 1.29 is 27.5 Å². The van der Waals surface area contributed by atoms with Gasteiger partial charge in [0.25, 0.3) is 0 Å². The fraction of sp³-hybridized carbons (Fsp3) is 0.348. The molecule has 2 N–H and O–H groups in total. The van der Waals surface area contributed by atoms with Crippen LogP contribution in [0.3, 0.4) is 0 Å². The molecule has 0 aliphatic heterocycles. The molecule has 0 fully saturated rings. The van der Waals surface area contributed by atoms with Crippen molar-refractivity contribution in [3.63, 3.8) is 0 Å². The molecular weight excluding hydrogens is 432 g/mol. The molecular formula is C23H28N2O6S. The first-order valence-electron chi connectivity index (χ1n) is 10.2.